The van der Waals surface area contributed by atoms with Crippen molar-refractivity contribution in [1.29, 1.82) is 0 Å². The second-order valence-corrected chi connectivity index (χ2v) is 10.9. The number of halogens is 3. The molecule has 2 nitrogen and oxygen atoms in total. The highest BCUT2D eigenvalue weighted by Gasteiger charge is 2.46. The van der Waals surface area contributed by atoms with Crippen molar-refractivity contribution in [3.63, 3.8) is 0 Å². The van der Waals surface area contributed by atoms with Gasteiger partial charge in [0.25, 0.3) is 0 Å². The van der Waals surface area contributed by atoms with Crippen LogP contribution in [0.1, 0.15) is 77.0 Å². The summed E-state index contributed by atoms with van der Waals surface area (Å²) in [5.41, 5.74) is -0.178. The lowest BCUT2D eigenvalue weighted by molar-refractivity contribution is 0.107. The first-order valence-electron chi connectivity index (χ1n) is 9.67. The molecule has 0 N–H and O–H groups in total. The van der Waals surface area contributed by atoms with Crippen LogP contribution in [0.25, 0.3) is 0 Å². The van der Waals surface area contributed by atoms with Gasteiger partial charge in [0.1, 0.15) is 18.5 Å². The summed E-state index contributed by atoms with van der Waals surface area (Å²) in [6.07, 6.45) is 3.89. The molecular weight excluding hydrogens is 336 g/mol. The highest BCUT2D eigenvalue weighted by atomic mass is 31.2. The molecule has 0 aromatic heterocycles. The van der Waals surface area contributed by atoms with Gasteiger partial charge in [0, 0.05) is 11.3 Å². The monoisotopic (exact) mass is 366 g/mol. The number of rotatable bonds is 4. The van der Waals surface area contributed by atoms with Gasteiger partial charge < -0.3 is 4.52 Å². The minimum Gasteiger partial charge on any atom is -0.325 e. The van der Waals surface area contributed by atoms with Crippen LogP contribution in [0.4, 0.5) is 13.2 Å². The Morgan fingerprint density at radius 2 is 0.917 bits per heavy atom. The second kappa shape index (κ2) is 8.12. The summed E-state index contributed by atoms with van der Waals surface area (Å²) in [7, 11) is -2.97. The molecule has 0 aromatic carbocycles. The van der Waals surface area contributed by atoms with Crippen LogP contribution in [0.15, 0.2) is 0 Å². The Balaban J connectivity index is 1.71. The molecule has 6 heteroatoms. The van der Waals surface area contributed by atoms with Gasteiger partial charge in [-0.15, -0.1) is 0 Å². The molecule has 0 spiro atoms. The lowest BCUT2D eigenvalue weighted by Gasteiger charge is -2.41. The Labute approximate surface area is 143 Å². The van der Waals surface area contributed by atoms with Crippen molar-refractivity contribution < 1.29 is 22.3 Å². The van der Waals surface area contributed by atoms with Crippen molar-refractivity contribution in [1.82, 2.24) is 0 Å². The second-order valence-electron chi connectivity index (χ2n) is 7.94. The summed E-state index contributed by atoms with van der Waals surface area (Å²) >= 11 is 0. The molecule has 3 aliphatic rings. The Hall–Kier alpha value is -0.0200. The minimum atomic E-state index is -2.97. The van der Waals surface area contributed by atoms with E-state index in [1.165, 1.54) is 0 Å². The molecule has 3 aliphatic carbocycles. The Morgan fingerprint density at radius 1 is 0.583 bits per heavy atom. The summed E-state index contributed by atoms with van der Waals surface area (Å²) in [4.78, 5) is 0. The van der Waals surface area contributed by atoms with Crippen LogP contribution in [0.2, 0.25) is 0 Å². The van der Waals surface area contributed by atoms with E-state index in [0.717, 1.165) is 0 Å². The molecule has 0 atom stereocenters. The van der Waals surface area contributed by atoms with Crippen LogP contribution < -0.4 is 0 Å². The lowest BCUT2D eigenvalue weighted by atomic mass is 9.96. The maximum Gasteiger partial charge on any atom is 0.209 e. The standard InChI is InChI=1S/C18H30F3O2P/c19-13-1-7-16(8-2-13)23-24(22,17-9-3-14(20)4-10-17)18-11-5-15(21)6-12-18/h13-18H,1-12H2. The van der Waals surface area contributed by atoms with Gasteiger partial charge in [-0.05, 0) is 77.0 Å². The maximum absolute atomic E-state index is 13.9. The molecule has 0 bridgehead atoms. The van der Waals surface area contributed by atoms with Crippen LogP contribution in [0, 0.1) is 0 Å². The first kappa shape index (κ1) is 18.8. The van der Waals surface area contributed by atoms with Gasteiger partial charge in [0.15, 0.2) is 0 Å². The first-order chi connectivity index (χ1) is 11.5. The highest BCUT2D eigenvalue weighted by molar-refractivity contribution is 7.60. The number of alkyl halides is 3. The summed E-state index contributed by atoms with van der Waals surface area (Å²) in [6.45, 7) is 0. The molecule has 0 heterocycles. The average Bonchev–Trinajstić information content (AvgIpc) is 2.58. The molecule has 140 valence electrons. The van der Waals surface area contributed by atoms with Crippen LogP contribution in [0.3, 0.4) is 0 Å². The third kappa shape index (κ3) is 4.38. The van der Waals surface area contributed by atoms with Crippen molar-refractivity contribution >= 4 is 7.37 Å². The van der Waals surface area contributed by atoms with E-state index in [1.807, 2.05) is 0 Å². The van der Waals surface area contributed by atoms with E-state index >= 15 is 0 Å². The molecule has 0 aliphatic heterocycles. The Kier molecular flexibility index (Phi) is 6.35. The zero-order valence-electron chi connectivity index (χ0n) is 14.3. The van der Waals surface area contributed by atoms with E-state index in [2.05, 4.69) is 0 Å². The van der Waals surface area contributed by atoms with Crippen molar-refractivity contribution in [2.45, 2.75) is 113 Å². The van der Waals surface area contributed by atoms with Gasteiger partial charge in [-0.25, -0.2) is 13.2 Å². The van der Waals surface area contributed by atoms with Gasteiger partial charge in [-0.3, -0.25) is 4.57 Å². The van der Waals surface area contributed by atoms with E-state index in [-0.39, 0.29) is 17.4 Å². The van der Waals surface area contributed by atoms with E-state index in [4.69, 9.17) is 4.52 Å². The lowest BCUT2D eigenvalue weighted by Crippen LogP contribution is -2.32. The molecular formula is C18H30F3O2P. The van der Waals surface area contributed by atoms with Crippen LogP contribution in [-0.2, 0) is 9.09 Å². The highest BCUT2D eigenvalue weighted by Crippen LogP contribution is 2.65. The van der Waals surface area contributed by atoms with Crippen molar-refractivity contribution in [3.8, 4) is 0 Å². The molecule has 0 unspecified atom stereocenters. The quantitative estimate of drug-likeness (QED) is 0.560. The zero-order chi connectivity index (χ0) is 17.2. The summed E-state index contributed by atoms with van der Waals surface area (Å²) in [5, 5.41) is 0. The van der Waals surface area contributed by atoms with Gasteiger partial charge >= 0.3 is 0 Å². The Bertz CT molecular complexity index is 412. The molecule has 3 rings (SSSR count). The van der Waals surface area contributed by atoms with E-state index in [0.29, 0.717) is 77.0 Å². The SMILES string of the molecule is O=P(OC1CCC(F)CC1)(C1CCC(F)CC1)C1CCC(F)CC1. The fraction of sp³-hybridized carbons (Fsp3) is 1.00. The predicted octanol–water partition coefficient (Wildman–Crippen LogP) is 6.12. The normalized spacial score (nSPS) is 44.0. The molecule has 0 amide bonds. The molecule has 0 aromatic rings. The summed E-state index contributed by atoms with van der Waals surface area (Å²) in [6, 6.07) is 0. The van der Waals surface area contributed by atoms with Gasteiger partial charge in [0.05, 0.1) is 6.10 Å². The fourth-order valence-electron chi connectivity index (χ4n) is 4.62. The predicted molar refractivity (Wildman–Crippen MR) is 90.1 cm³/mol. The fourth-order valence-corrected chi connectivity index (χ4v) is 8.27. The molecule has 0 radical (unpaired) electrons. The summed E-state index contributed by atoms with van der Waals surface area (Å²) < 4.78 is 60.6. The van der Waals surface area contributed by atoms with Gasteiger partial charge in [-0.2, -0.15) is 0 Å². The zero-order valence-corrected chi connectivity index (χ0v) is 15.2. The average molecular weight is 366 g/mol. The van der Waals surface area contributed by atoms with E-state index in [9.17, 15) is 17.7 Å². The molecule has 0 saturated heterocycles. The van der Waals surface area contributed by atoms with Gasteiger partial charge in [0.2, 0.25) is 7.37 Å². The van der Waals surface area contributed by atoms with Crippen molar-refractivity contribution in [3.05, 3.63) is 0 Å². The Morgan fingerprint density at radius 3 is 1.29 bits per heavy atom. The van der Waals surface area contributed by atoms with E-state index in [1.54, 1.807) is 0 Å². The minimum absolute atomic E-state index is 0.0891. The smallest absolute Gasteiger partial charge is 0.209 e. The maximum atomic E-state index is 13.9. The summed E-state index contributed by atoms with van der Waals surface area (Å²) in [5.74, 6) is 0. The van der Waals surface area contributed by atoms with Crippen LogP contribution >= 0.6 is 7.37 Å². The van der Waals surface area contributed by atoms with Crippen molar-refractivity contribution in [2.75, 3.05) is 0 Å². The number of hydrogen-bond donors (Lipinski definition) is 0. The first-order valence-corrected chi connectivity index (χ1v) is 11.4. The van der Waals surface area contributed by atoms with Crippen molar-refractivity contribution in [2.24, 2.45) is 0 Å². The van der Waals surface area contributed by atoms with Crippen LogP contribution in [0.5, 0.6) is 0 Å². The van der Waals surface area contributed by atoms with Crippen LogP contribution in [-0.4, -0.2) is 35.9 Å². The number of hydrogen-bond acceptors (Lipinski definition) is 2. The third-order valence-electron chi connectivity index (χ3n) is 6.19. The third-order valence-corrected chi connectivity index (χ3v) is 9.88. The van der Waals surface area contributed by atoms with Gasteiger partial charge in [-0.1, -0.05) is 0 Å². The van der Waals surface area contributed by atoms with E-state index < -0.39 is 25.9 Å². The molecule has 3 saturated carbocycles. The molecule has 24 heavy (non-hydrogen) atoms. The topological polar surface area (TPSA) is 26.3 Å². The molecule has 3 fully saturated rings. The largest absolute Gasteiger partial charge is 0.325 e.